The van der Waals surface area contributed by atoms with E-state index in [2.05, 4.69) is 34.1 Å². The van der Waals surface area contributed by atoms with Crippen molar-refractivity contribution in [3.05, 3.63) is 79.2 Å². The molecule has 16 heteroatoms. The number of pyridine rings is 1. The zero-order valence-electron chi connectivity index (χ0n) is 35.7. The Morgan fingerprint density at radius 1 is 1.05 bits per heavy atom. The minimum absolute atomic E-state index is 0.00701. The number of nitrogens with zero attached hydrogens (tertiary/aromatic N) is 3. The lowest BCUT2D eigenvalue weighted by Gasteiger charge is -2.35. The first-order valence-corrected chi connectivity index (χ1v) is 23.5. The van der Waals surface area contributed by atoms with Crippen LogP contribution in [0, 0.1) is 17.3 Å². The van der Waals surface area contributed by atoms with Gasteiger partial charge in [-0.05, 0) is 93.4 Å². The number of carbonyl (C=O) groups excluding carboxylic acids is 4. The number of carbonyl (C=O) groups is 4. The number of hydrogen-bond donors (Lipinski definition) is 3. The van der Waals surface area contributed by atoms with E-state index in [1.165, 1.54) is 11.0 Å². The Morgan fingerprint density at radius 2 is 1.82 bits per heavy atom. The molecule has 0 unspecified atom stereocenters. The smallest absolute Gasteiger partial charge is 0.408 e. The molecule has 62 heavy (non-hydrogen) atoms. The Labute approximate surface area is 363 Å². The monoisotopic (exact) mass is 870 g/mol. The third-order valence-corrected chi connectivity index (χ3v) is 14.8. The topological polar surface area (TPSA) is 187 Å². The van der Waals surface area contributed by atoms with Gasteiger partial charge in [0, 0.05) is 30.1 Å². The van der Waals surface area contributed by atoms with Crippen LogP contribution in [0.4, 0.5) is 4.79 Å². The molecule has 0 spiro atoms. The first-order chi connectivity index (χ1) is 29.7. The van der Waals surface area contributed by atoms with Crippen molar-refractivity contribution in [1.29, 1.82) is 0 Å². The molecule has 2 aliphatic heterocycles. The van der Waals surface area contributed by atoms with E-state index in [9.17, 15) is 27.6 Å². The van der Waals surface area contributed by atoms with E-state index in [1.807, 2.05) is 74.1 Å². The number of amides is 4. The van der Waals surface area contributed by atoms with Gasteiger partial charge in [0.15, 0.2) is 0 Å². The highest BCUT2D eigenvalue weighted by Gasteiger charge is 2.62. The van der Waals surface area contributed by atoms with Crippen LogP contribution in [-0.4, -0.2) is 94.9 Å². The number of fused-ring (bicyclic) bond motifs is 5. The number of aromatic nitrogens is 2. The Morgan fingerprint density at radius 3 is 2.55 bits per heavy atom. The van der Waals surface area contributed by atoms with Gasteiger partial charge < -0.3 is 34.3 Å². The van der Waals surface area contributed by atoms with Gasteiger partial charge in [-0.3, -0.25) is 19.1 Å². The zero-order chi connectivity index (χ0) is 43.8. The standard InChI is InChI=1S/C46H58N6O9S/c1-5-30-27-46(30,43(55)50-62(57,58)32-20-21-32)49-40(53)36-26-31-28-52(36)42(54)39(45(2,3)4)48-44(56)61-37-19-13-15-29(37)14-7-6-8-17-34-38(59-25-24-51-22-11-12-23-51)33-16-9-10-18-35(33)47-41(34)60-31/h5-6,8-12,16,18,22-23,29-32,36-37,39H,1,7,13-15,17,19-21,24-28H2,2-4H3,(H,48,56)(H,49,53)(H,50,55)/b8-6-/t29-,30-,31-,36+,37-,39-,46-/m1/s1. The highest BCUT2D eigenvalue weighted by atomic mass is 32.2. The van der Waals surface area contributed by atoms with E-state index in [4.69, 9.17) is 19.2 Å². The van der Waals surface area contributed by atoms with Gasteiger partial charge in [0.2, 0.25) is 27.7 Å². The van der Waals surface area contributed by atoms with Gasteiger partial charge in [-0.2, -0.15) is 0 Å². The number of allylic oxidation sites excluding steroid dienone is 2. The molecule has 3 aliphatic carbocycles. The van der Waals surface area contributed by atoms with Crippen molar-refractivity contribution in [3.8, 4) is 11.6 Å². The summed E-state index contributed by atoms with van der Waals surface area (Å²) in [6.07, 6.45) is 13.5. The van der Waals surface area contributed by atoms with E-state index in [0.717, 1.165) is 43.1 Å². The van der Waals surface area contributed by atoms with Gasteiger partial charge in [0.25, 0.3) is 5.91 Å². The molecule has 7 atom stereocenters. The van der Waals surface area contributed by atoms with Crippen LogP contribution in [0.3, 0.4) is 0 Å². The molecule has 5 aliphatic rings. The van der Waals surface area contributed by atoms with Crippen molar-refractivity contribution in [1.82, 2.24) is 29.8 Å². The molecule has 3 saturated carbocycles. The predicted octanol–water partition coefficient (Wildman–Crippen LogP) is 5.34. The Kier molecular flexibility index (Phi) is 12.2. The first-order valence-electron chi connectivity index (χ1n) is 21.9. The first kappa shape index (κ1) is 43.3. The number of nitrogens with one attached hydrogen (secondary N) is 3. The average molecular weight is 871 g/mol. The van der Waals surface area contributed by atoms with Crippen LogP contribution >= 0.6 is 0 Å². The molecule has 15 nitrogen and oxygen atoms in total. The number of alkyl carbamates (subject to hydrolysis) is 1. The number of para-hydroxylation sites is 1. The third-order valence-electron chi connectivity index (χ3n) is 13.0. The molecule has 332 valence electrons. The summed E-state index contributed by atoms with van der Waals surface area (Å²) in [6, 6.07) is 9.32. The lowest BCUT2D eigenvalue weighted by molar-refractivity contribution is -0.143. The van der Waals surface area contributed by atoms with Crippen molar-refractivity contribution in [2.75, 3.05) is 13.2 Å². The van der Waals surface area contributed by atoms with Gasteiger partial charge in [-0.1, -0.05) is 51.1 Å². The molecule has 4 fully saturated rings. The zero-order valence-corrected chi connectivity index (χ0v) is 36.5. The highest BCUT2D eigenvalue weighted by molar-refractivity contribution is 7.91. The summed E-state index contributed by atoms with van der Waals surface area (Å²) >= 11 is 0. The van der Waals surface area contributed by atoms with E-state index in [0.29, 0.717) is 49.6 Å². The molecule has 2 aromatic heterocycles. The second kappa shape index (κ2) is 17.4. The second-order valence-electron chi connectivity index (χ2n) is 18.5. The maximum absolute atomic E-state index is 14.9. The van der Waals surface area contributed by atoms with Crippen molar-refractivity contribution < 1.29 is 41.8 Å². The maximum atomic E-state index is 14.9. The molecule has 4 heterocycles. The minimum Gasteiger partial charge on any atom is -0.491 e. The van der Waals surface area contributed by atoms with Crippen LogP contribution in [0.15, 0.2) is 73.6 Å². The third kappa shape index (κ3) is 9.20. The lowest BCUT2D eigenvalue weighted by atomic mass is 9.85. The number of rotatable bonds is 10. The maximum Gasteiger partial charge on any atom is 0.408 e. The summed E-state index contributed by atoms with van der Waals surface area (Å²) < 4.78 is 49.4. The summed E-state index contributed by atoms with van der Waals surface area (Å²) in [6.45, 7) is 10.2. The fourth-order valence-corrected chi connectivity index (χ4v) is 10.6. The molecule has 1 saturated heterocycles. The number of sulfonamides is 1. The summed E-state index contributed by atoms with van der Waals surface area (Å²) in [5.74, 6) is -1.47. The van der Waals surface area contributed by atoms with Crippen molar-refractivity contribution in [2.45, 2.75) is 127 Å². The van der Waals surface area contributed by atoms with Crippen molar-refractivity contribution >= 4 is 44.7 Å². The summed E-state index contributed by atoms with van der Waals surface area (Å²) in [7, 11) is -3.92. The lowest BCUT2D eigenvalue weighted by Crippen LogP contribution is -2.60. The van der Waals surface area contributed by atoms with Gasteiger partial charge in [-0.25, -0.2) is 18.2 Å². The molecule has 2 bridgehead atoms. The molecule has 1 aromatic carbocycles. The van der Waals surface area contributed by atoms with Gasteiger partial charge in [-0.15, -0.1) is 6.58 Å². The molecule has 8 rings (SSSR count). The fraction of sp³-hybridized carbons (Fsp3) is 0.543. The van der Waals surface area contributed by atoms with Gasteiger partial charge in [0.05, 0.1) is 29.4 Å². The van der Waals surface area contributed by atoms with Gasteiger partial charge in [0.1, 0.15) is 42.2 Å². The van der Waals surface area contributed by atoms with E-state index in [-0.39, 0.29) is 31.4 Å². The Balaban J connectivity index is 1.16. The van der Waals surface area contributed by atoms with Crippen LogP contribution in [0.25, 0.3) is 10.9 Å². The Bertz CT molecular complexity index is 2340. The number of ether oxygens (including phenoxy) is 3. The molecular weight excluding hydrogens is 813 g/mol. The van der Waals surface area contributed by atoms with Crippen molar-refractivity contribution in [2.24, 2.45) is 17.3 Å². The van der Waals surface area contributed by atoms with E-state index >= 15 is 0 Å². The fourth-order valence-electron chi connectivity index (χ4n) is 9.19. The van der Waals surface area contributed by atoms with Crippen LogP contribution < -0.4 is 24.8 Å². The predicted molar refractivity (Wildman–Crippen MR) is 232 cm³/mol. The summed E-state index contributed by atoms with van der Waals surface area (Å²) in [5.41, 5.74) is -1.02. The normalized spacial score (nSPS) is 28.5. The SMILES string of the molecule is C=C[C@@H]1C[C@]1(NC(=O)[C@@H]1C[C@@H]2CN1C(=O)[C@H](C(C)(C)C)NC(=O)O[C@@H]1CCC[C@H]1CC/C=C\Cc1c(nc3ccccc3c1OCCn1cccc1)O2)C(=O)NS(=O)(=O)C1CC1. The summed E-state index contributed by atoms with van der Waals surface area (Å²) in [4.78, 5) is 63.3. The molecule has 3 N–H and O–H groups in total. The quantitative estimate of drug-likeness (QED) is 0.225. The second-order valence-corrected chi connectivity index (χ2v) is 20.5. The number of hydrogen-bond acceptors (Lipinski definition) is 10. The van der Waals surface area contributed by atoms with Gasteiger partial charge >= 0.3 is 6.09 Å². The van der Waals surface area contributed by atoms with Crippen LogP contribution in [0.5, 0.6) is 11.6 Å². The van der Waals surface area contributed by atoms with E-state index in [1.54, 1.807) is 0 Å². The average Bonchev–Trinajstić information content (AvgIpc) is 4.03. The van der Waals surface area contributed by atoms with Crippen LogP contribution in [0.1, 0.15) is 84.1 Å². The van der Waals surface area contributed by atoms with Crippen molar-refractivity contribution in [3.63, 3.8) is 0 Å². The number of benzene rings is 1. The Hall–Kier alpha value is -5.38. The van der Waals surface area contributed by atoms with E-state index < -0.39 is 74.1 Å². The van der Waals surface area contributed by atoms with Crippen LogP contribution in [-0.2, 0) is 42.1 Å². The molecular formula is C46H58N6O9S. The minimum atomic E-state index is -3.92. The molecule has 4 amide bonds. The van der Waals surface area contributed by atoms with Crippen LogP contribution in [0.2, 0.25) is 0 Å². The summed E-state index contributed by atoms with van der Waals surface area (Å²) in [5, 5.41) is 5.88. The molecule has 0 radical (unpaired) electrons. The molecule has 3 aromatic rings. The highest BCUT2D eigenvalue weighted by Crippen LogP contribution is 2.46. The largest absolute Gasteiger partial charge is 0.491 e.